The van der Waals surface area contributed by atoms with E-state index in [2.05, 4.69) is 16.0 Å². The van der Waals surface area contributed by atoms with E-state index in [0.717, 1.165) is 24.2 Å². The fraction of sp³-hybridized carbons (Fsp3) is 0.632. The molecule has 1 atom stereocenters. The van der Waals surface area contributed by atoms with Crippen LogP contribution >= 0.6 is 0 Å². The smallest absolute Gasteiger partial charge is 0.253 e. The zero-order chi connectivity index (χ0) is 20.9. The highest BCUT2D eigenvalue weighted by Crippen LogP contribution is 2.04. The third-order valence-electron chi connectivity index (χ3n) is 4.46. The van der Waals surface area contributed by atoms with Crippen molar-refractivity contribution < 1.29 is 24.0 Å². The third kappa shape index (κ3) is 8.43. The standard InChI is InChI=1S/C19H30N4O5/c1-3-15(24)14(20-2)6-4-5-11-21-16(25)9-12-22-17(26)10-13-23-18(27)7-8-19(23)28/h7-8,14,20H,3-6,9-13H2,1-2H3,(H,21,25)(H,22,26). The van der Waals surface area contributed by atoms with Crippen LogP contribution in [0.25, 0.3) is 0 Å². The van der Waals surface area contributed by atoms with Crippen LogP contribution in [-0.4, -0.2) is 67.0 Å². The molecule has 0 saturated carbocycles. The van der Waals surface area contributed by atoms with Crippen LogP contribution in [0.2, 0.25) is 0 Å². The topological polar surface area (TPSA) is 125 Å². The monoisotopic (exact) mass is 394 g/mol. The second-order valence-electron chi connectivity index (χ2n) is 6.52. The van der Waals surface area contributed by atoms with Crippen LogP contribution in [-0.2, 0) is 24.0 Å². The van der Waals surface area contributed by atoms with Crippen molar-refractivity contribution in [3.8, 4) is 0 Å². The Morgan fingerprint density at radius 1 is 0.964 bits per heavy atom. The molecule has 0 bridgehead atoms. The number of rotatable bonds is 14. The summed E-state index contributed by atoms with van der Waals surface area (Å²) in [7, 11) is 1.77. The minimum absolute atomic E-state index is 0.00386. The molecule has 0 spiro atoms. The van der Waals surface area contributed by atoms with E-state index in [9.17, 15) is 24.0 Å². The summed E-state index contributed by atoms with van der Waals surface area (Å²) >= 11 is 0. The number of Topliss-reactive ketones (excluding diaryl/α,β-unsaturated/α-hetero) is 1. The molecular formula is C19H30N4O5. The maximum absolute atomic E-state index is 11.8. The summed E-state index contributed by atoms with van der Waals surface area (Å²) in [6.07, 6.45) is 5.36. The second-order valence-corrected chi connectivity index (χ2v) is 6.52. The first-order chi connectivity index (χ1) is 13.4. The Morgan fingerprint density at radius 2 is 1.57 bits per heavy atom. The molecular weight excluding hydrogens is 364 g/mol. The van der Waals surface area contributed by atoms with Crippen LogP contribution in [0.1, 0.15) is 45.4 Å². The van der Waals surface area contributed by atoms with E-state index in [-0.39, 0.29) is 49.6 Å². The van der Waals surface area contributed by atoms with Crippen LogP contribution in [0.3, 0.4) is 0 Å². The zero-order valence-corrected chi connectivity index (χ0v) is 16.6. The minimum atomic E-state index is -0.419. The van der Waals surface area contributed by atoms with Gasteiger partial charge in [-0.25, -0.2) is 0 Å². The molecule has 1 rings (SSSR count). The number of ketones is 1. The van der Waals surface area contributed by atoms with Crippen molar-refractivity contribution >= 4 is 29.4 Å². The molecule has 3 N–H and O–H groups in total. The SMILES string of the molecule is CCC(=O)C(CCCCNC(=O)CCNC(=O)CCN1C(=O)C=CC1=O)NC. The van der Waals surface area contributed by atoms with Crippen molar-refractivity contribution in [2.24, 2.45) is 0 Å². The molecule has 1 aliphatic rings. The van der Waals surface area contributed by atoms with E-state index in [4.69, 9.17) is 0 Å². The quantitative estimate of drug-likeness (QED) is 0.273. The molecule has 0 aromatic rings. The van der Waals surface area contributed by atoms with Crippen molar-refractivity contribution in [1.29, 1.82) is 0 Å². The van der Waals surface area contributed by atoms with Gasteiger partial charge >= 0.3 is 0 Å². The molecule has 1 heterocycles. The maximum atomic E-state index is 11.8. The lowest BCUT2D eigenvalue weighted by Gasteiger charge is -2.14. The van der Waals surface area contributed by atoms with Gasteiger partial charge < -0.3 is 16.0 Å². The molecule has 9 heteroatoms. The number of carbonyl (C=O) groups excluding carboxylic acids is 5. The number of nitrogens with one attached hydrogen (secondary N) is 3. The third-order valence-corrected chi connectivity index (χ3v) is 4.46. The molecule has 4 amide bonds. The molecule has 9 nitrogen and oxygen atoms in total. The predicted octanol–water partition coefficient (Wildman–Crippen LogP) is -0.339. The lowest BCUT2D eigenvalue weighted by molar-refractivity contribution is -0.137. The summed E-state index contributed by atoms with van der Waals surface area (Å²) in [6.45, 7) is 2.58. The number of hydrogen-bond donors (Lipinski definition) is 3. The summed E-state index contributed by atoms with van der Waals surface area (Å²) < 4.78 is 0. The molecule has 1 aliphatic heterocycles. The van der Waals surface area contributed by atoms with E-state index in [0.29, 0.717) is 13.0 Å². The summed E-state index contributed by atoms with van der Waals surface area (Å²) in [6, 6.07) is -0.127. The molecule has 1 unspecified atom stereocenters. The zero-order valence-electron chi connectivity index (χ0n) is 16.6. The van der Waals surface area contributed by atoms with Gasteiger partial charge in [0.2, 0.25) is 11.8 Å². The van der Waals surface area contributed by atoms with Gasteiger partial charge in [0.15, 0.2) is 0 Å². The number of carbonyl (C=O) groups is 5. The van der Waals surface area contributed by atoms with Gasteiger partial charge in [-0.1, -0.05) is 6.92 Å². The Hall–Kier alpha value is -2.55. The van der Waals surface area contributed by atoms with E-state index in [1.54, 1.807) is 7.05 Å². The van der Waals surface area contributed by atoms with Crippen LogP contribution in [0.15, 0.2) is 12.2 Å². The van der Waals surface area contributed by atoms with Crippen molar-refractivity contribution in [1.82, 2.24) is 20.9 Å². The Kier molecular flexibility index (Phi) is 10.7. The van der Waals surface area contributed by atoms with Gasteiger partial charge in [0.1, 0.15) is 5.78 Å². The second kappa shape index (κ2) is 12.8. The van der Waals surface area contributed by atoms with Crippen LogP contribution in [0, 0.1) is 0 Å². The highest BCUT2D eigenvalue weighted by Gasteiger charge is 2.23. The predicted molar refractivity (Wildman–Crippen MR) is 103 cm³/mol. The van der Waals surface area contributed by atoms with Crippen LogP contribution < -0.4 is 16.0 Å². The summed E-state index contributed by atoms with van der Waals surface area (Å²) in [5.74, 6) is -1.13. The van der Waals surface area contributed by atoms with Gasteiger partial charge in [-0.05, 0) is 26.3 Å². The Morgan fingerprint density at radius 3 is 2.18 bits per heavy atom. The molecule has 0 saturated heterocycles. The Bertz CT molecular complexity index is 599. The number of likely N-dealkylation sites (N-methyl/N-ethyl adjacent to an activating group) is 1. The molecule has 0 aromatic carbocycles. The number of hydrogen-bond acceptors (Lipinski definition) is 6. The molecule has 0 fully saturated rings. The van der Waals surface area contributed by atoms with Gasteiger partial charge in [-0.2, -0.15) is 0 Å². The average molecular weight is 394 g/mol. The lowest BCUT2D eigenvalue weighted by Crippen LogP contribution is -2.36. The summed E-state index contributed by atoms with van der Waals surface area (Å²) in [5, 5.41) is 8.38. The van der Waals surface area contributed by atoms with E-state index >= 15 is 0 Å². The fourth-order valence-electron chi connectivity index (χ4n) is 2.77. The van der Waals surface area contributed by atoms with Gasteiger partial charge in [0.05, 0.1) is 6.04 Å². The van der Waals surface area contributed by atoms with Crippen LogP contribution in [0.5, 0.6) is 0 Å². The van der Waals surface area contributed by atoms with Crippen molar-refractivity contribution in [3.63, 3.8) is 0 Å². The highest BCUT2D eigenvalue weighted by atomic mass is 16.2. The molecule has 0 aromatic heterocycles. The van der Waals surface area contributed by atoms with Crippen molar-refractivity contribution in [2.45, 2.75) is 51.5 Å². The molecule has 0 aliphatic carbocycles. The Balaban J connectivity index is 2.05. The number of unbranched alkanes of at least 4 members (excludes halogenated alkanes) is 1. The molecule has 156 valence electrons. The number of imide groups is 1. The lowest BCUT2D eigenvalue weighted by atomic mass is 10.0. The summed E-state index contributed by atoms with van der Waals surface area (Å²) in [4.78, 5) is 58.8. The first kappa shape index (κ1) is 23.5. The van der Waals surface area contributed by atoms with Crippen LogP contribution in [0.4, 0.5) is 0 Å². The van der Waals surface area contributed by atoms with Gasteiger partial charge in [0.25, 0.3) is 11.8 Å². The van der Waals surface area contributed by atoms with E-state index in [1.807, 2.05) is 6.92 Å². The summed E-state index contributed by atoms with van der Waals surface area (Å²) in [5.41, 5.74) is 0. The number of amides is 4. The first-order valence-corrected chi connectivity index (χ1v) is 9.66. The highest BCUT2D eigenvalue weighted by molar-refractivity contribution is 6.13. The number of nitrogens with zero attached hydrogens (tertiary/aromatic N) is 1. The Labute approximate surface area is 165 Å². The van der Waals surface area contributed by atoms with Crippen molar-refractivity contribution in [2.75, 3.05) is 26.7 Å². The first-order valence-electron chi connectivity index (χ1n) is 9.66. The van der Waals surface area contributed by atoms with E-state index < -0.39 is 11.8 Å². The normalized spacial score (nSPS) is 14.3. The van der Waals surface area contributed by atoms with E-state index in [1.165, 1.54) is 12.2 Å². The molecule has 0 radical (unpaired) electrons. The van der Waals surface area contributed by atoms with Gasteiger partial charge in [0, 0.05) is 51.0 Å². The van der Waals surface area contributed by atoms with Gasteiger partial charge in [-0.3, -0.25) is 28.9 Å². The maximum Gasteiger partial charge on any atom is 0.253 e. The van der Waals surface area contributed by atoms with Gasteiger partial charge in [-0.15, -0.1) is 0 Å². The molecule has 28 heavy (non-hydrogen) atoms. The average Bonchev–Trinajstić information content (AvgIpc) is 3.00. The fourth-order valence-corrected chi connectivity index (χ4v) is 2.77. The minimum Gasteiger partial charge on any atom is -0.356 e. The van der Waals surface area contributed by atoms with Crippen molar-refractivity contribution in [3.05, 3.63) is 12.2 Å². The largest absolute Gasteiger partial charge is 0.356 e.